The van der Waals surface area contributed by atoms with E-state index in [1.807, 2.05) is 0 Å². The Kier molecular flexibility index (Phi) is 3.63. The molecule has 0 aliphatic carbocycles. The van der Waals surface area contributed by atoms with Crippen molar-refractivity contribution in [1.29, 1.82) is 0 Å². The lowest BCUT2D eigenvalue weighted by Gasteiger charge is -2.15. The molecule has 94 valence electrons. The van der Waals surface area contributed by atoms with Crippen LogP contribution in [-0.4, -0.2) is 49.9 Å². The van der Waals surface area contributed by atoms with Crippen LogP contribution in [-0.2, 0) is 24.5 Å². The second-order valence-corrected chi connectivity index (χ2v) is 8.49. The predicted octanol–water partition coefficient (Wildman–Crippen LogP) is -0.548. The Morgan fingerprint density at radius 2 is 2.06 bits per heavy atom. The average Bonchev–Trinajstić information content (AvgIpc) is 2.46. The Balaban J connectivity index is 3.00. The smallest absolute Gasteiger partial charge is 0.321 e. The molecule has 1 rings (SSSR count). The van der Waals surface area contributed by atoms with Gasteiger partial charge in [-0.3, -0.25) is 4.79 Å². The van der Waals surface area contributed by atoms with Gasteiger partial charge in [-0.15, -0.1) is 0 Å². The molecule has 0 aromatic heterocycles. The monoisotopic (exact) mass is 270 g/mol. The first-order valence-electron chi connectivity index (χ1n) is 4.86. The number of carboxylic acid groups (broad SMARTS) is 1. The maximum atomic E-state index is 11.8. The van der Waals surface area contributed by atoms with Crippen molar-refractivity contribution < 1.29 is 26.7 Å². The highest BCUT2D eigenvalue weighted by atomic mass is 32.2. The fourth-order valence-electron chi connectivity index (χ4n) is 1.80. The predicted molar refractivity (Wildman–Crippen MR) is 57.7 cm³/mol. The Hall–Kier alpha value is -0.630. The third-order valence-corrected chi connectivity index (χ3v) is 7.34. The minimum absolute atomic E-state index is 0.00838. The van der Waals surface area contributed by atoms with Crippen molar-refractivity contribution in [3.8, 4) is 0 Å². The van der Waals surface area contributed by atoms with Crippen molar-refractivity contribution in [3.63, 3.8) is 0 Å². The highest BCUT2D eigenvalue weighted by molar-refractivity contribution is 7.97. The van der Waals surface area contributed by atoms with Crippen LogP contribution in [0.15, 0.2) is 0 Å². The van der Waals surface area contributed by atoms with Gasteiger partial charge in [0.25, 0.3) is 0 Å². The molecule has 0 amide bonds. The molecular weight excluding hydrogens is 256 g/mol. The van der Waals surface area contributed by atoms with E-state index in [1.54, 1.807) is 0 Å². The molecule has 1 heterocycles. The molecular formula is C8H14O6S2. The summed E-state index contributed by atoms with van der Waals surface area (Å²) in [6.45, 7) is 1.46. The molecule has 2 atom stereocenters. The molecule has 1 saturated heterocycles. The standard InChI is InChI=1S/C8H14O6S2/c1-2-7(8(9)10)16(13,14)6-3-4-15(11,12)5-6/h6-7H,2-5H2,1H3,(H,9,10). The van der Waals surface area contributed by atoms with Gasteiger partial charge in [-0.05, 0) is 12.8 Å². The van der Waals surface area contributed by atoms with Crippen LogP contribution in [0.2, 0.25) is 0 Å². The van der Waals surface area contributed by atoms with E-state index in [0.717, 1.165) is 0 Å². The second kappa shape index (κ2) is 4.33. The molecule has 1 fully saturated rings. The number of rotatable bonds is 4. The van der Waals surface area contributed by atoms with Gasteiger partial charge < -0.3 is 5.11 Å². The Morgan fingerprint density at radius 3 is 2.38 bits per heavy atom. The SMILES string of the molecule is CCC(C(=O)O)S(=O)(=O)C1CCS(=O)(=O)C1. The molecule has 0 aromatic carbocycles. The van der Waals surface area contributed by atoms with Gasteiger partial charge in [-0.1, -0.05) is 6.92 Å². The Bertz CT molecular complexity index is 475. The number of carbonyl (C=O) groups is 1. The van der Waals surface area contributed by atoms with Crippen LogP contribution in [0.4, 0.5) is 0 Å². The summed E-state index contributed by atoms with van der Waals surface area (Å²) in [5.74, 6) is -2.03. The fraction of sp³-hybridized carbons (Fsp3) is 0.875. The number of carboxylic acids is 1. The molecule has 1 aliphatic rings. The van der Waals surface area contributed by atoms with Crippen molar-refractivity contribution in [2.45, 2.75) is 30.3 Å². The first-order valence-corrected chi connectivity index (χ1v) is 8.29. The van der Waals surface area contributed by atoms with Gasteiger partial charge in [0.1, 0.15) is 0 Å². The molecule has 8 heteroatoms. The third kappa shape index (κ3) is 2.54. The highest BCUT2D eigenvalue weighted by Crippen LogP contribution is 2.23. The van der Waals surface area contributed by atoms with Gasteiger partial charge in [0.15, 0.2) is 24.9 Å². The van der Waals surface area contributed by atoms with Gasteiger partial charge in [0, 0.05) is 0 Å². The number of sulfone groups is 2. The van der Waals surface area contributed by atoms with Gasteiger partial charge in [-0.25, -0.2) is 16.8 Å². The summed E-state index contributed by atoms with van der Waals surface area (Å²) in [7, 11) is -7.22. The van der Waals surface area contributed by atoms with Gasteiger partial charge in [0.05, 0.1) is 16.8 Å². The van der Waals surface area contributed by atoms with Crippen LogP contribution in [0, 0.1) is 0 Å². The van der Waals surface area contributed by atoms with Crippen molar-refractivity contribution in [2.75, 3.05) is 11.5 Å². The van der Waals surface area contributed by atoms with E-state index in [0.29, 0.717) is 0 Å². The lowest BCUT2D eigenvalue weighted by atomic mass is 10.3. The lowest BCUT2D eigenvalue weighted by Crippen LogP contribution is -2.37. The minimum Gasteiger partial charge on any atom is -0.480 e. The van der Waals surface area contributed by atoms with Crippen molar-refractivity contribution in [1.82, 2.24) is 0 Å². The topological polar surface area (TPSA) is 106 Å². The fourth-order valence-corrected chi connectivity index (χ4v) is 6.53. The largest absolute Gasteiger partial charge is 0.480 e. The normalized spacial score (nSPS) is 26.4. The van der Waals surface area contributed by atoms with Gasteiger partial charge in [0.2, 0.25) is 0 Å². The zero-order valence-corrected chi connectivity index (χ0v) is 10.4. The summed E-state index contributed by atoms with van der Waals surface area (Å²) >= 11 is 0. The molecule has 16 heavy (non-hydrogen) atoms. The van der Waals surface area contributed by atoms with E-state index in [4.69, 9.17) is 5.11 Å². The van der Waals surface area contributed by atoms with Crippen LogP contribution in [0.5, 0.6) is 0 Å². The molecule has 0 spiro atoms. The molecule has 0 aromatic rings. The van der Waals surface area contributed by atoms with E-state index in [1.165, 1.54) is 6.92 Å². The lowest BCUT2D eigenvalue weighted by molar-refractivity contribution is -0.136. The van der Waals surface area contributed by atoms with E-state index < -0.39 is 41.9 Å². The Morgan fingerprint density at radius 1 is 1.50 bits per heavy atom. The zero-order valence-electron chi connectivity index (χ0n) is 8.79. The summed E-state index contributed by atoms with van der Waals surface area (Å²) in [5.41, 5.74) is 0. The summed E-state index contributed by atoms with van der Waals surface area (Å²) < 4.78 is 46.0. The second-order valence-electron chi connectivity index (χ2n) is 3.85. The molecule has 6 nitrogen and oxygen atoms in total. The number of hydrogen-bond donors (Lipinski definition) is 1. The highest BCUT2D eigenvalue weighted by Gasteiger charge is 2.43. The molecule has 0 bridgehead atoms. The summed E-state index contributed by atoms with van der Waals surface area (Å²) in [4.78, 5) is 10.8. The van der Waals surface area contributed by atoms with Crippen LogP contribution >= 0.6 is 0 Å². The van der Waals surface area contributed by atoms with Crippen molar-refractivity contribution in [3.05, 3.63) is 0 Å². The molecule has 0 saturated carbocycles. The van der Waals surface area contributed by atoms with Gasteiger partial charge >= 0.3 is 5.97 Å². The van der Waals surface area contributed by atoms with Crippen LogP contribution in [0.3, 0.4) is 0 Å². The average molecular weight is 270 g/mol. The zero-order chi connectivity index (χ0) is 12.6. The maximum absolute atomic E-state index is 11.8. The number of hydrogen-bond acceptors (Lipinski definition) is 5. The van der Waals surface area contributed by atoms with E-state index in [9.17, 15) is 21.6 Å². The van der Waals surface area contributed by atoms with Crippen molar-refractivity contribution >= 4 is 25.6 Å². The Labute approximate surface area is 94.5 Å². The summed E-state index contributed by atoms with van der Waals surface area (Å²) in [5, 5.41) is 6.22. The van der Waals surface area contributed by atoms with E-state index >= 15 is 0 Å². The first-order chi connectivity index (χ1) is 7.20. The molecule has 2 unspecified atom stereocenters. The molecule has 1 N–H and O–H groups in total. The van der Waals surface area contributed by atoms with Crippen LogP contribution in [0.1, 0.15) is 19.8 Å². The quantitative estimate of drug-likeness (QED) is 0.735. The van der Waals surface area contributed by atoms with E-state index in [2.05, 4.69) is 0 Å². The summed E-state index contributed by atoms with van der Waals surface area (Å²) in [6, 6.07) is 0. The van der Waals surface area contributed by atoms with Crippen LogP contribution in [0.25, 0.3) is 0 Å². The summed E-state index contributed by atoms with van der Waals surface area (Å²) in [6.07, 6.45) is -0.0390. The maximum Gasteiger partial charge on any atom is 0.321 e. The van der Waals surface area contributed by atoms with Gasteiger partial charge in [-0.2, -0.15) is 0 Å². The third-order valence-electron chi connectivity index (χ3n) is 2.70. The molecule has 1 aliphatic heterocycles. The van der Waals surface area contributed by atoms with Crippen molar-refractivity contribution in [2.24, 2.45) is 0 Å². The molecule has 0 radical (unpaired) electrons. The number of aliphatic carboxylic acids is 1. The van der Waals surface area contributed by atoms with Crippen LogP contribution < -0.4 is 0 Å². The van der Waals surface area contributed by atoms with E-state index in [-0.39, 0.29) is 18.6 Å². The first kappa shape index (κ1) is 13.4. The minimum atomic E-state index is -3.90.